The second-order valence-electron chi connectivity index (χ2n) is 6.63. The summed E-state index contributed by atoms with van der Waals surface area (Å²) in [6.07, 6.45) is 6.55. The summed E-state index contributed by atoms with van der Waals surface area (Å²) in [5.41, 5.74) is -0.460. The molecule has 0 saturated heterocycles. The second kappa shape index (κ2) is 6.47. The van der Waals surface area contributed by atoms with Crippen molar-refractivity contribution in [3.05, 3.63) is 18.2 Å². The molecule has 2 rings (SSSR count). The number of hydrogen-bond acceptors (Lipinski definition) is 4. The van der Waals surface area contributed by atoms with Crippen LogP contribution in [0.1, 0.15) is 45.9 Å². The second-order valence-corrected chi connectivity index (χ2v) is 6.63. The van der Waals surface area contributed by atoms with E-state index in [9.17, 15) is 4.79 Å². The third-order valence-corrected chi connectivity index (χ3v) is 3.66. The number of amides is 1. The first-order valence-electron chi connectivity index (χ1n) is 7.54. The van der Waals surface area contributed by atoms with E-state index < -0.39 is 5.60 Å². The smallest absolute Gasteiger partial charge is 0.407 e. The zero-order chi connectivity index (χ0) is 15.5. The number of carbonyl (C=O) groups is 1. The maximum absolute atomic E-state index is 11.9. The van der Waals surface area contributed by atoms with Crippen molar-refractivity contribution in [2.75, 3.05) is 0 Å². The number of aromatic nitrogens is 2. The van der Waals surface area contributed by atoms with Gasteiger partial charge in [-0.1, -0.05) is 0 Å². The van der Waals surface area contributed by atoms with Gasteiger partial charge in [0, 0.05) is 31.5 Å². The van der Waals surface area contributed by atoms with Crippen molar-refractivity contribution < 1.29 is 9.53 Å². The fourth-order valence-electron chi connectivity index (χ4n) is 2.63. The molecule has 0 radical (unpaired) electrons. The van der Waals surface area contributed by atoms with Crippen molar-refractivity contribution in [1.82, 2.24) is 20.2 Å². The van der Waals surface area contributed by atoms with Gasteiger partial charge in [0.2, 0.25) is 0 Å². The topological polar surface area (TPSA) is 68.2 Å². The van der Waals surface area contributed by atoms with Gasteiger partial charge < -0.3 is 19.9 Å². The minimum atomic E-state index is -0.460. The molecule has 0 spiro atoms. The summed E-state index contributed by atoms with van der Waals surface area (Å²) in [6, 6.07) is 0.398. The Morgan fingerprint density at radius 1 is 1.43 bits per heavy atom. The predicted molar refractivity (Wildman–Crippen MR) is 80.8 cm³/mol. The molecule has 2 N–H and O–H groups in total. The first kappa shape index (κ1) is 15.8. The molecule has 1 fully saturated rings. The van der Waals surface area contributed by atoms with Crippen molar-refractivity contribution in [3.63, 3.8) is 0 Å². The molecule has 2 unspecified atom stereocenters. The van der Waals surface area contributed by atoms with Crippen molar-refractivity contribution in [2.45, 2.75) is 64.3 Å². The molecule has 118 valence electrons. The molecule has 1 aromatic rings. The SMILES string of the molecule is Cn1ccnc1CNC1CCCC1NC(=O)OC(C)(C)C. The van der Waals surface area contributed by atoms with Crippen molar-refractivity contribution in [1.29, 1.82) is 0 Å². The van der Waals surface area contributed by atoms with Gasteiger partial charge in [-0.25, -0.2) is 9.78 Å². The molecule has 0 bridgehead atoms. The lowest BCUT2D eigenvalue weighted by atomic mass is 10.1. The quantitative estimate of drug-likeness (QED) is 0.890. The van der Waals surface area contributed by atoms with Crippen LogP contribution < -0.4 is 10.6 Å². The number of imidazole rings is 1. The molecule has 0 aliphatic heterocycles. The van der Waals surface area contributed by atoms with Crippen molar-refractivity contribution >= 4 is 6.09 Å². The van der Waals surface area contributed by atoms with Gasteiger partial charge in [-0.05, 0) is 40.0 Å². The van der Waals surface area contributed by atoms with E-state index in [1.807, 2.05) is 38.6 Å². The van der Waals surface area contributed by atoms with E-state index in [1.165, 1.54) is 0 Å². The molecule has 21 heavy (non-hydrogen) atoms. The Morgan fingerprint density at radius 3 is 2.76 bits per heavy atom. The van der Waals surface area contributed by atoms with Crippen LogP contribution in [-0.4, -0.2) is 33.3 Å². The fraction of sp³-hybridized carbons (Fsp3) is 0.733. The molecule has 1 saturated carbocycles. The Bertz CT molecular complexity index is 478. The summed E-state index contributed by atoms with van der Waals surface area (Å²) >= 11 is 0. The van der Waals surface area contributed by atoms with Gasteiger partial charge in [-0.3, -0.25) is 0 Å². The average molecular weight is 294 g/mol. The summed E-state index contributed by atoms with van der Waals surface area (Å²) in [4.78, 5) is 16.2. The maximum Gasteiger partial charge on any atom is 0.407 e. The summed E-state index contributed by atoms with van der Waals surface area (Å²) in [6.45, 7) is 6.33. The van der Waals surface area contributed by atoms with Crippen LogP contribution in [0.2, 0.25) is 0 Å². The zero-order valence-electron chi connectivity index (χ0n) is 13.3. The number of nitrogens with zero attached hydrogens (tertiary/aromatic N) is 2. The normalized spacial score (nSPS) is 22.3. The van der Waals surface area contributed by atoms with E-state index in [-0.39, 0.29) is 18.2 Å². The molecule has 1 heterocycles. The molecule has 6 heteroatoms. The van der Waals surface area contributed by atoms with Crippen LogP contribution >= 0.6 is 0 Å². The molecule has 1 aliphatic carbocycles. The third-order valence-electron chi connectivity index (χ3n) is 3.66. The third kappa shape index (κ3) is 4.74. The Kier molecular flexibility index (Phi) is 4.88. The minimum Gasteiger partial charge on any atom is -0.444 e. The molecule has 0 aromatic carbocycles. The number of aryl methyl sites for hydroxylation is 1. The highest BCUT2D eigenvalue weighted by Gasteiger charge is 2.29. The van der Waals surface area contributed by atoms with Crippen LogP contribution in [0.25, 0.3) is 0 Å². The van der Waals surface area contributed by atoms with Crippen molar-refractivity contribution in [3.8, 4) is 0 Å². The number of rotatable bonds is 4. The van der Waals surface area contributed by atoms with E-state index in [2.05, 4.69) is 15.6 Å². The van der Waals surface area contributed by atoms with Gasteiger partial charge in [0.05, 0.1) is 6.54 Å². The van der Waals surface area contributed by atoms with Crippen LogP contribution in [-0.2, 0) is 18.3 Å². The van der Waals surface area contributed by atoms with Gasteiger partial charge in [-0.15, -0.1) is 0 Å². The standard InChI is InChI=1S/C15H26N4O2/c1-15(2,3)21-14(20)18-12-7-5-6-11(12)17-10-13-16-8-9-19(13)4/h8-9,11-12,17H,5-7,10H2,1-4H3,(H,18,20). The molecule has 1 aromatic heterocycles. The lowest BCUT2D eigenvalue weighted by Gasteiger charge is -2.25. The number of alkyl carbamates (subject to hydrolysis) is 1. The van der Waals surface area contributed by atoms with Gasteiger partial charge in [0.1, 0.15) is 11.4 Å². The van der Waals surface area contributed by atoms with Gasteiger partial charge in [0.15, 0.2) is 0 Å². The van der Waals surface area contributed by atoms with E-state index in [0.29, 0.717) is 6.54 Å². The number of nitrogens with one attached hydrogen (secondary N) is 2. The van der Waals surface area contributed by atoms with E-state index in [1.54, 1.807) is 6.20 Å². The summed E-state index contributed by atoms with van der Waals surface area (Å²) < 4.78 is 7.32. The Hall–Kier alpha value is -1.56. The molecule has 1 amide bonds. The first-order valence-corrected chi connectivity index (χ1v) is 7.54. The highest BCUT2D eigenvalue weighted by atomic mass is 16.6. The van der Waals surface area contributed by atoms with Crippen LogP contribution in [0.3, 0.4) is 0 Å². The summed E-state index contributed by atoms with van der Waals surface area (Å²) in [5, 5.41) is 6.47. The van der Waals surface area contributed by atoms with Crippen LogP contribution in [0.4, 0.5) is 4.79 Å². The van der Waals surface area contributed by atoms with Gasteiger partial charge in [0.25, 0.3) is 0 Å². The first-order chi connectivity index (χ1) is 9.85. The molecule has 2 atom stereocenters. The fourth-order valence-corrected chi connectivity index (χ4v) is 2.63. The molecular weight excluding hydrogens is 268 g/mol. The van der Waals surface area contributed by atoms with Crippen LogP contribution in [0.5, 0.6) is 0 Å². The molecule has 1 aliphatic rings. The molecule has 6 nitrogen and oxygen atoms in total. The number of hydrogen-bond donors (Lipinski definition) is 2. The van der Waals surface area contributed by atoms with Crippen LogP contribution in [0, 0.1) is 0 Å². The zero-order valence-corrected chi connectivity index (χ0v) is 13.3. The lowest BCUT2D eigenvalue weighted by molar-refractivity contribution is 0.0498. The minimum absolute atomic E-state index is 0.125. The Balaban J connectivity index is 1.83. The summed E-state index contributed by atoms with van der Waals surface area (Å²) in [5.74, 6) is 0.998. The maximum atomic E-state index is 11.9. The monoisotopic (exact) mass is 294 g/mol. The largest absolute Gasteiger partial charge is 0.444 e. The average Bonchev–Trinajstić information content (AvgIpc) is 2.93. The van der Waals surface area contributed by atoms with Gasteiger partial charge >= 0.3 is 6.09 Å². The van der Waals surface area contributed by atoms with E-state index in [4.69, 9.17) is 4.74 Å². The van der Waals surface area contributed by atoms with Gasteiger partial charge in [-0.2, -0.15) is 0 Å². The van der Waals surface area contributed by atoms with E-state index >= 15 is 0 Å². The van der Waals surface area contributed by atoms with E-state index in [0.717, 1.165) is 25.1 Å². The lowest BCUT2D eigenvalue weighted by Crippen LogP contribution is -2.48. The predicted octanol–water partition coefficient (Wildman–Crippen LogP) is 1.96. The number of carbonyl (C=O) groups excluding carboxylic acids is 1. The summed E-state index contributed by atoms with van der Waals surface area (Å²) in [7, 11) is 1.98. The highest BCUT2D eigenvalue weighted by molar-refractivity contribution is 5.68. The van der Waals surface area contributed by atoms with Crippen molar-refractivity contribution in [2.24, 2.45) is 7.05 Å². The number of ether oxygens (including phenoxy) is 1. The Labute approximate surface area is 126 Å². The molecular formula is C15H26N4O2. The highest BCUT2D eigenvalue weighted by Crippen LogP contribution is 2.20. The van der Waals surface area contributed by atoms with Crippen LogP contribution in [0.15, 0.2) is 12.4 Å². The Morgan fingerprint density at radius 2 is 2.14 bits per heavy atom.